The maximum Gasteiger partial charge on any atom is 0.339 e. The Morgan fingerprint density at radius 1 is 1.50 bits per heavy atom. The first-order chi connectivity index (χ1) is 8.67. The molecule has 1 N–H and O–H groups in total. The maximum absolute atomic E-state index is 11.1. The standard InChI is InChI=1S/C13H14N2O3/c1-3-12-11(13(16)17)8-14-15(12)9-5-4-6-10(7-9)18-2/h4-8H,3H2,1-2H3,(H,16,17). The summed E-state index contributed by atoms with van der Waals surface area (Å²) in [7, 11) is 1.59. The Morgan fingerprint density at radius 3 is 2.89 bits per heavy atom. The van der Waals surface area contributed by atoms with Crippen molar-refractivity contribution in [2.75, 3.05) is 7.11 Å². The van der Waals surface area contributed by atoms with E-state index in [1.165, 1.54) is 6.20 Å². The number of benzene rings is 1. The average Bonchev–Trinajstić information content (AvgIpc) is 2.82. The lowest BCUT2D eigenvalue weighted by molar-refractivity contribution is 0.0695. The molecule has 5 nitrogen and oxygen atoms in total. The number of aromatic carboxylic acids is 1. The van der Waals surface area contributed by atoms with E-state index in [-0.39, 0.29) is 5.56 Å². The summed E-state index contributed by atoms with van der Waals surface area (Å²) in [6.45, 7) is 1.90. The number of aromatic nitrogens is 2. The largest absolute Gasteiger partial charge is 0.497 e. The van der Waals surface area contributed by atoms with Crippen molar-refractivity contribution >= 4 is 5.97 Å². The molecule has 0 aliphatic heterocycles. The highest BCUT2D eigenvalue weighted by molar-refractivity contribution is 5.88. The molecule has 94 valence electrons. The Hall–Kier alpha value is -2.30. The molecule has 0 radical (unpaired) electrons. The zero-order valence-electron chi connectivity index (χ0n) is 10.3. The number of methoxy groups -OCH3 is 1. The second-order valence-corrected chi connectivity index (χ2v) is 3.78. The molecule has 2 aromatic rings. The van der Waals surface area contributed by atoms with Crippen LogP contribution >= 0.6 is 0 Å². The Morgan fingerprint density at radius 2 is 2.28 bits per heavy atom. The molecule has 0 aliphatic rings. The van der Waals surface area contributed by atoms with Crippen LogP contribution in [-0.4, -0.2) is 28.0 Å². The van der Waals surface area contributed by atoms with Gasteiger partial charge >= 0.3 is 5.97 Å². The van der Waals surface area contributed by atoms with Crippen LogP contribution in [0.25, 0.3) is 5.69 Å². The quantitative estimate of drug-likeness (QED) is 0.897. The van der Waals surface area contributed by atoms with Gasteiger partial charge in [-0.25, -0.2) is 9.48 Å². The number of hydrogen-bond acceptors (Lipinski definition) is 3. The van der Waals surface area contributed by atoms with Gasteiger partial charge in [-0.1, -0.05) is 13.0 Å². The van der Waals surface area contributed by atoms with Gasteiger partial charge in [0, 0.05) is 6.07 Å². The van der Waals surface area contributed by atoms with Crippen LogP contribution < -0.4 is 4.74 Å². The molecule has 0 saturated heterocycles. The molecule has 18 heavy (non-hydrogen) atoms. The van der Waals surface area contributed by atoms with Crippen molar-refractivity contribution in [3.8, 4) is 11.4 Å². The van der Waals surface area contributed by atoms with Crippen molar-refractivity contribution in [1.29, 1.82) is 0 Å². The molecule has 0 atom stereocenters. The summed E-state index contributed by atoms with van der Waals surface area (Å²) < 4.78 is 6.78. The van der Waals surface area contributed by atoms with Gasteiger partial charge in [-0.2, -0.15) is 5.10 Å². The third-order valence-corrected chi connectivity index (χ3v) is 2.73. The minimum Gasteiger partial charge on any atom is -0.497 e. The summed E-state index contributed by atoms with van der Waals surface area (Å²) in [5.41, 5.74) is 1.70. The fourth-order valence-corrected chi connectivity index (χ4v) is 1.86. The van der Waals surface area contributed by atoms with E-state index in [4.69, 9.17) is 9.84 Å². The molecule has 0 spiro atoms. The van der Waals surface area contributed by atoms with E-state index >= 15 is 0 Å². The zero-order valence-corrected chi connectivity index (χ0v) is 10.3. The summed E-state index contributed by atoms with van der Waals surface area (Å²) in [6, 6.07) is 7.35. The van der Waals surface area contributed by atoms with Gasteiger partial charge in [-0.05, 0) is 18.6 Å². The van der Waals surface area contributed by atoms with Crippen molar-refractivity contribution in [1.82, 2.24) is 9.78 Å². The Kier molecular flexibility index (Phi) is 3.32. The molecule has 2 rings (SSSR count). The summed E-state index contributed by atoms with van der Waals surface area (Å²) in [4.78, 5) is 11.1. The van der Waals surface area contributed by atoms with E-state index in [9.17, 15) is 4.79 Å². The van der Waals surface area contributed by atoms with Crippen LogP contribution in [0.3, 0.4) is 0 Å². The molecule has 5 heteroatoms. The van der Waals surface area contributed by atoms with Gasteiger partial charge in [-0.15, -0.1) is 0 Å². The summed E-state index contributed by atoms with van der Waals surface area (Å²) in [5, 5.41) is 13.2. The average molecular weight is 246 g/mol. The third-order valence-electron chi connectivity index (χ3n) is 2.73. The lowest BCUT2D eigenvalue weighted by Gasteiger charge is -2.08. The highest BCUT2D eigenvalue weighted by atomic mass is 16.5. The van der Waals surface area contributed by atoms with Gasteiger partial charge in [-0.3, -0.25) is 0 Å². The van der Waals surface area contributed by atoms with Crippen molar-refractivity contribution in [3.63, 3.8) is 0 Å². The van der Waals surface area contributed by atoms with Crippen LogP contribution in [0.4, 0.5) is 0 Å². The highest BCUT2D eigenvalue weighted by Crippen LogP contribution is 2.19. The van der Waals surface area contributed by atoms with E-state index in [0.717, 1.165) is 5.69 Å². The molecule has 0 unspecified atom stereocenters. The Labute approximate surface area is 105 Å². The molecule has 1 heterocycles. The smallest absolute Gasteiger partial charge is 0.339 e. The van der Waals surface area contributed by atoms with Crippen LogP contribution in [0.1, 0.15) is 23.0 Å². The molecular weight excluding hydrogens is 232 g/mol. The first-order valence-electron chi connectivity index (χ1n) is 5.62. The van der Waals surface area contributed by atoms with Crippen LogP contribution in [0.15, 0.2) is 30.5 Å². The minimum atomic E-state index is -0.957. The molecule has 0 saturated carbocycles. The number of carboxylic acids is 1. The number of carbonyl (C=O) groups is 1. The van der Waals surface area contributed by atoms with E-state index in [2.05, 4.69) is 5.10 Å². The first kappa shape index (κ1) is 12.2. The van der Waals surface area contributed by atoms with Gasteiger partial charge in [0.1, 0.15) is 11.3 Å². The zero-order chi connectivity index (χ0) is 13.1. The summed E-state index contributed by atoms with van der Waals surface area (Å²) >= 11 is 0. The normalized spacial score (nSPS) is 10.3. The molecular formula is C13H14N2O3. The summed E-state index contributed by atoms with van der Waals surface area (Å²) in [5.74, 6) is -0.247. The highest BCUT2D eigenvalue weighted by Gasteiger charge is 2.16. The van der Waals surface area contributed by atoms with Gasteiger partial charge in [0.15, 0.2) is 0 Å². The van der Waals surface area contributed by atoms with Gasteiger partial charge in [0.2, 0.25) is 0 Å². The van der Waals surface area contributed by atoms with Gasteiger partial charge < -0.3 is 9.84 Å². The van der Waals surface area contributed by atoms with Gasteiger partial charge in [0.25, 0.3) is 0 Å². The van der Waals surface area contributed by atoms with Crippen molar-refractivity contribution in [2.45, 2.75) is 13.3 Å². The topological polar surface area (TPSA) is 64.3 Å². The predicted octanol–water partition coefficient (Wildman–Crippen LogP) is 2.14. The minimum absolute atomic E-state index is 0.236. The van der Waals surface area contributed by atoms with E-state index in [1.807, 2.05) is 31.2 Å². The fraction of sp³-hybridized carbons (Fsp3) is 0.231. The predicted molar refractivity (Wildman–Crippen MR) is 66.5 cm³/mol. The molecule has 0 fully saturated rings. The molecule has 0 bridgehead atoms. The number of hydrogen-bond donors (Lipinski definition) is 1. The van der Waals surface area contributed by atoms with Crippen molar-refractivity contribution in [2.24, 2.45) is 0 Å². The van der Waals surface area contributed by atoms with E-state index in [0.29, 0.717) is 17.9 Å². The second-order valence-electron chi connectivity index (χ2n) is 3.78. The Balaban J connectivity index is 2.53. The van der Waals surface area contributed by atoms with Crippen LogP contribution in [-0.2, 0) is 6.42 Å². The third kappa shape index (κ3) is 2.07. The van der Waals surface area contributed by atoms with Crippen molar-refractivity contribution < 1.29 is 14.6 Å². The van der Waals surface area contributed by atoms with Crippen LogP contribution in [0.2, 0.25) is 0 Å². The van der Waals surface area contributed by atoms with Crippen LogP contribution in [0.5, 0.6) is 5.75 Å². The maximum atomic E-state index is 11.1. The fourth-order valence-electron chi connectivity index (χ4n) is 1.86. The first-order valence-corrected chi connectivity index (χ1v) is 5.62. The molecule has 1 aromatic carbocycles. The SMILES string of the molecule is CCc1c(C(=O)O)cnn1-c1cccc(OC)c1. The lowest BCUT2D eigenvalue weighted by Crippen LogP contribution is -2.05. The van der Waals surface area contributed by atoms with E-state index < -0.39 is 5.97 Å². The lowest BCUT2D eigenvalue weighted by atomic mass is 10.2. The summed E-state index contributed by atoms with van der Waals surface area (Å²) in [6.07, 6.45) is 1.97. The number of rotatable bonds is 4. The number of nitrogens with zero attached hydrogens (tertiary/aromatic N) is 2. The van der Waals surface area contributed by atoms with Crippen molar-refractivity contribution in [3.05, 3.63) is 41.7 Å². The number of ether oxygens (including phenoxy) is 1. The van der Waals surface area contributed by atoms with Crippen LogP contribution in [0, 0.1) is 0 Å². The van der Waals surface area contributed by atoms with Gasteiger partial charge in [0.05, 0.1) is 24.7 Å². The van der Waals surface area contributed by atoms with E-state index in [1.54, 1.807) is 11.8 Å². The monoisotopic (exact) mass is 246 g/mol. The number of carboxylic acid groups (broad SMARTS) is 1. The molecule has 1 aromatic heterocycles. The second kappa shape index (κ2) is 4.91. The Bertz CT molecular complexity index is 575. The molecule has 0 aliphatic carbocycles. The molecule has 0 amide bonds.